The van der Waals surface area contributed by atoms with Crippen molar-refractivity contribution in [3.05, 3.63) is 106 Å². The monoisotopic (exact) mass is 539 g/mol. The van der Waals surface area contributed by atoms with Crippen LogP contribution in [-0.4, -0.2) is 31.6 Å². The van der Waals surface area contributed by atoms with Gasteiger partial charge in [-0.2, -0.15) is 0 Å². The largest absolute Gasteiger partial charge is 0.355 e. The Balaban J connectivity index is 1.58. The second kappa shape index (κ2) is 9.25. The molecular formula is C30H23ClFN5O2. The molecule has 0 bridgehead atoms. The van der Waals surface area contributed by atoms with Crippen molar-refractivity contribution in [2.24, 2.45) is 14.1 Å². The van der Waals surface area contributed by atoms with Crippen LogP contribution in [0.25, 0.3) is 50.3 Å². The summed E-state index contributed by atoms with van der Waals surface area (Å²) < 4.78 is 19.9. The normalized spacial score (nSPS) is 11.4. The van der Waals surface area contributed by atoms with E-state index >= 15 is 0 Å². The molecule has 0 aliphatic carbocycles. The zero-order valence-corrected chi connectivity index (χ0v) is 22.1. The van der Waals surface area contributed by atoms with Crippen LogP contribution in [0, 0.1) is 5.82 Å². The lowest BCUT2D eigenvalue weighted by Gasteiger charge is -2.12. The van der Waals surface area contributed by atoms with Gasteiger partial charge in [-0.1, -0.05) is 35.9 Å². The number of aryl methyl sites for hydroxylation is 2. The molecule has 2 heterocycles. The lowest BCUT2D eigenvalue weighted by atomic mass is 10.0. The highest BCUT2D eigenvalue weighted by atomic mass is 35.5. The molecule has 0 unspecified atom stereocenters. The highest BCUT2D eigenvalue weighted by molar-refractivity contribution is 6.33. The number of hydrogen-bond donors (Lipinski definition) is 1. The second-order valence-corrected chi connectivity index (χ2v) is 9.71. The standard InChI is InChI=1S/C30H23ClFN5O2/c1-33-29(38)21-11-8-17(14-23(21)32)18-9-12-25-24(15-18)34-28(20-6-4-5-7-22(20)31)37(25)19-10-13-26-27(16-19)36(3)30(39)35(26)2/h4-16H,1-3H3,(H,33,38). The molecule has 1 amide bonds. The van der Waals surface area contributed by atoms with Gasteiger partial charge in [0.2, 0.25) is 0 Å². The maximum Gasteiger partial charge on any atom is 0.328 e. The molecule has 0 saturated heterocycles. The van der Waals surface area contributed by atoms with E-state index in [0.29, 0.717) is 21.9 Å². The third-order valence-electron chi connectivity index (χ3n) is 7.06. The third-order valence-corrected chi connectivity index (χ3v) is 7.39. The Hall–Kier alpha value is -4.69. The maximum atomic E-state index is 14.7. The Bertz CT molecular complexity index is 2000. The fourth-order valence-corrected chi connectivity index (χ4v) is 5.21. The minimum Gasteiger partial charge on any atom is -0.355 e. The van der Waals surface area contributed by atoms with Crippen LogP contribution in [0.1, 0.15) is 10.4 Å². The van der Waals surface area contributed by atoms with E-state index in [1.54, 1.807) is 29.3 Å². The van der Waals surface area contributed by atoms with Crippen molar-refractivity contribution >= 4 is 39.6 Å². The quantitative estimate of drug-likeness (QED) is 0.312. The summed E-state index contributed by atoms with van der Waals surface area (Å²) in [6.07, 6.45) is 0. The number of carbonyl (C=O) groups is 1. The van der Waals surface area contributed by atoms with E-state index in [4.69, 9.17) is 16.6 Å². The molecule has 0 saturated carbocycles. The number of carbonyl (C=O) groups excluding carboxylic acids is 1. The average molecular weight is 540 g/mol. The number of rotatable bonds is 4. The van der Waals surface area contributed by atoms with E-state index in [2.05, 4.69) is 5.32 Å². The molecule has 39 heavy (non-hydrogen) atoms. The van der Waals surface area contributed by atoms with Crippen molar-refractivity contribution in [2.45, 2.75) is 0 Å². The van der Waals surface area contributed by atoms with Crippen molar-refractivity contribution in [1.82, 2.24) is 24.0 Å². The molecule has 0 aliphatic heterocycles. The highest BCUT2D eigenvalue weighted by Gasteiger charge is 2.19. The smallest absolute Gasteiger partial charge is 0.328 e. The van der Waals surface area contributed by atoms with Crippen LogP contribution >= 0.6 is 11.6 Å². The maximum absolute atomic E-state index is 14.7. The predicted octanol–water partition coefficient (Wildman–Crippen LogP) is 5.70. The van der Waals surface area contributed by atoms with Gasteiger partial charge in [-0.3, -0.25) is 18.5 Å². The Morgan fingerprint density at radius 1 is 0.872 bits per heavy atom. The molecule has 2 aromatic heterocycles. The SMILES string of the molecule is CNC(=O)c1ccc(-c2ccc3c(c2)nc(-c2ccccc2Cl)n3-c2ccc3c(c2)n(C)c(=O)n3C)cc1F. The number of aromatic nitrogens is 4. The summed E-state index contributed by atoms with van der Waals surface area (Å²) in [7, 11) is 4.96. The molecule has 0 radical (unpaired) electrons. The Morgan fingerprint density at radius 3 is 2.31 bits per heavy atom. The van der Waals surface area contributed by atoms with Gasteiger partial charge in [0.25, 0.3) is 5.91 Å². The zero-order chi connectivity index (χ0) is 27.4. The van der Waals surface area contributed by atoms with Gasteiger partial charge in [-0.25, -0.2) is 14.2 Å². The van der Waals surface area contributed by atoms with Gasteiger partial charge in [0.05, 0.1) is 32.7 Å². The van der Waals surface area contributed by atoms with E-state index in [1.165, 1.54) is 19.2 Å². The van der Waals surface area contributed by atoms with Crippen molar-refractivity contribution in [2.75, 3.05) is 7.05 Å². The summed E-state index contributed by atoms with van der Waals surface area (Å²) in [6, 6.07) is 23.5. The molecule has 6 aromatic rings. The lowest BCUT2D eigenvalue weighted by molar-refractivity contribution is 0.0959. The zero-order valence-electron chi connectivity index (χ0n) is 21.4. The Labute approximate surface area is 227 Å². The van der Waals surface area contributed by atoms with Gasteiger partial charge in [0, 0.05) is 32.4 Å². The molecule has 7 nitrogen and oxygen atoms in total. The van der Waals surface area contributed by atoms with Crippen molar-refractivity contribution in [3.63, 3.8) is 0 Å². The fraction of sp³-hybridized carbons (Fsp3) is 0.100. The summed E-state index contributed by atoms with van der Waals surface area (Å²) in [5.41, 5.74) is 5.92. The van der Waals surface area contributed by atoms with Crippen LogP contribution in [-0.2, 0) is 14.1 Å². The average Bonchev–Trinajstić information content (AvgIpc) is 3.43. The first-order chi connectivity index (χ1) is 18.8. The number of hydrogen-bond acceptors (Lipinski definition) is 3. The number of amides is 1. The number of nitrogens with zero attached hydrogens (tertiary/aromatic N) is 4. The minimum atomic E-state index is -0.601. The molecule has 194 valence electrons. The summed E-state index contributed by atoms with van der Waals surface area (Å²) in [4.78, 5) is 29.4. The van der Waals surface area contributed by atoms with Gasteiger partial charge in [-0.05, 0) is 65.7 Å². The first-order valence-electron chi connectivity index (χ1n) is 12.2. The van der Waals surface area contributed by atoms with Crippen LogP contribution in [0.4, 0.5) is 4.39 Å². The van der Waals surface area contributed by atoms with E-state index in [1.807, 2.05) is 65.2 Å². The van der Waals surface area contributed by atoms with Crippen LogP contribution < -0.4 is 11.0 Å². The first kappa shape index (κ1) is 24.6. The molecule has 0 spiro atoms. The van der Waals surface area contributed by atoms with Crippen molar-refractivity contribution < 1.29 is 9.18 Å². The van der Waals surface area contributed by atoms with Gasteiger partial charge >= 0.3 is 5.69 Å². The van der Waals surface area contributed by atoms with E-state index in [9.17, 15) is 14.0 Å². The van der Waals surface area contributed by atoms with E-state index < -0.39 is 11.7 Å². The summed E-state index contributed by atoms with van der Waals surface area (Å²) in [5.74, 6) is -0.448. The van der Waals surface area contributed by atoms with Gasteiger partial charge in [0.15, 0.2) is 0 Å². The third kappa shape index (κ3) is 3.92. The minimum absolute atomic E-state index is 0.0154. The lowest BCUT2D eigenvalue weighted by Crippen LogP contribution is -2.19. The van der Waals surface area contributed by atoms with Gasteiger partial charge < -0.3 is 5.32 Å². The van der Waals surface area contributed by atoms with Crippen LogP contribution in [0.3, 0.4) is 0 Å². The van der Waals surface area contributed by atoms with Gasteiger partial charge in [-0.15, -0.1) is 0 Å². The molecule has 4 aromatic carbocycles. The fourth-order valence-electron chi connectivity index (χ4n) is 4.99. The number of fused-ring (bicyclic) bond motifs is 2. The van der Waals surface area contributed by atoms with Crippen molar-refractivity contribution in [1.29, 1.82) is 0 Å². The Morgan fingerprint density at radius 2 is 1.56 bits per heavy atom. The molecule has 0 aliphatic rings. The molecule has 0 atom stereocenters. The molecule has 0 fully saturated rings. The highest BCUT2D eigenvalue weighted by Crippen LogP contribution is 2.35. The molecule has 6 rings (SSSR count). The number of benzene rings is 4. The molecule has 1 N–H and O–H groups in total. The van der Waals surface area contributed by atoms with Gasteiger partial charge in [0.1, 0.15) is 11.6 Å². The summed E-state index contributed by atoms with van der Waals surface area (Å²) >= 11 is 6.61. The van der Waals surface area contributed by atoms with Crippen LogP contribution in [0.5, 0.6) is 0 Å². The van der Waals surface area contributed by atoms with E-state index in [0.717, 1.165) is 33.4 Å². The number of nitrogens with one attached hydrogen (secondary N) is 1. The summed E-state index contributed by atoms with van der Waals surface area (Å²) in [6.45, 7) is 0. The summed E-state index contributed by atoms with van der Waals surface area (Å²) in [5, 5.41) is 3.00. The first-order valence-corrected chi connectivity index (χ1v) is 12.6. The molecule has 9 heteroatoms. The Kier molecular flexibility index (Phi) is 5.84. The van der Waals surface area contributed by atoms with Crippen molar-refractivity contribution in [3.8, 4) is 28.2 Å². The topological polar surface area (TPSA) is 73.8 Å². The van der Waals surface area contributed by atoms with Crippen LogP contribution in [0.15, 0.2) is 83.7 Å². The second-order valence-electron chi connectivity index (χ2n) is 9.30. The molecular weight excluding hydrogens is 517 g/mol. The number of halogens is 2. The van der Waals surface area contributed by atoms with E-state index in [-0.39, 0.29) is 11.3 Å². The number of imidazole rings is 2. The van der Waals surface area contributed by atoms with Crippen LogP contribution in [0.2, 0.25) is 5.02 Å². The predicted molar refractivity (Wildman–Crippen MR) is 152 cm³/mol.